The first kappa shape index (κ1) is 21.0. The molecule has 30 heavy (non-hydrogen) atoms. The quantitative estimate of drug-likeness (QED) is 0.647. The number of imide groups is 1. The number of aliphatic carboxylic acids is 1. The van der Waals surface area contributed by atoms with E-state index in [2.05, 4.69) is 5.32 Å². The largest absolute Gasteiger partial charge is 0.482 e. The van der Waals surface area contributed by atoms with Crippen LogP contribution in [0.15, 0.2) is 36.4 Å². The van der Waals surface area contributed by atoms with E-state index in [1.807, 2.05) is 6.92 Å². The van der Waals surface area contributed by atoms with Crippen LogP contribution < -0.4 is 10.1 Å². The summed E-state index contributed by atoms with van der Waals surface area (Å²) in [5.74, 6) is -1.84. The summed E-state index contributed by atoms with van der Waals surface area (Å²) in [7, 11) is 0. The van der Waals surface area contributed by atoms with Gasteiger partial charge in [-0.15, -0.1) is 0 Å². The summed E-state index contributed by atoms with van der Waals surface area (Å²) in [4.78, 5) is 49.5. The minimum absolute atomic E-state index is 0.234. The summed E-state index contributed by atoms with van der Waals surface area (Å²) in [6.07, 6.45) is 1.59. The van der Waals surface area contributed by atoms with E-state index < -0.39 is 18.5 Å². The maximum Gasteiger partial charge on any atom is 0.341 e. The minimum atomic E-state index is -1.08. The van der Waals surface area contributed by atoms with Gasteiger partial charge in [-0.05, 0) is 55.3 Å². The van der Waals surface area contributed by atoms with E-state index in [0.29, 0.717) is 29.1 Å². The Hall–Kier alpha value is -3.68. The third kappa shape index (κ3) is 4.32. The zero-order valence-corrected chi connectivity index (χ0v) is 16.7. The molecular weight excluding hydrogens is 388 g/mol. The number of carbonyl (C=O) groups excluding carboxylic acids is 3. The van der Waals surface area contributed by atoms with Crippen molar-refractivity contribution in [2.24, 2.45) is 0 Å². The standard InChI is InChI=1S/C22H22N2O6/c1-3-4-9-24-21(28)16-7-5-14(11-17(16)22(24)29)20(27)23-18-8-6-15(10-13(18)2)30-12-19(25)26/h5-8,10-11H,3-4,9,12H2,1-2H3,(H,23,27)(H,25,26). The Morgan fingerprint density at radius 2 is 1.80 bits per heavy atom. The van der Waals surface area contributed by atoms with Crippen molar-refractivity contribution in [2.75, 3.05) is 18.5 Å². The number of benzene rings is 2. The second-order valence-corrected chi connectivity index (χ2v) is 6.99. The molecule has 0 fully saturated rings. The summed E-state index contributed by atoms with van der Waals surface area (Å²) in [6, 6.07) is 9.25. The van der Waals surface area contributed by atoms with Gasteiger partial charge >= 0.3 is 5.97 Å². The molecular formula is C22H22N2O6. The lowest BCUT2D eigenvalue weighted by molar-refractivity contribution is -0.139. The predicted molar refractivity (Wildman–Crippen MR) is 109 cm³/mol. The number of carboxylic acids is 1. The van der Waals surface area contributed by atoms with Crippen molar-refractivity contribution in [2.45, 2.75) is 26.7 Å². The van der Waals surface area contributed by atoms with E-state index in [0.717, 1.165) is 12.8 Å². The number of aryl methyl sites for hydroxylation is 1. The van der Waals surface area contributed by atoms with Crippen LogP contribution in [-0.4, -0.2) is 46.8 Å². The highest BCUT2D eigenvalue weighted by Gasteiger charge is 2.35. The van der Waals surface area contributed by atoms with Gasteiger partial charge in [0.25, 0.3) is 17.7 Å². The Labute approximate surface area is 173 Å². The van der Waals surface area contributed by atoms with Crippen LogP contribution in [0.4, 0.5) is 5.69 Å². The van der Waals surface area contributed by atoms with Gasteiger partial charge in [0.2, 0.25) is 0 Å². The van der Waals surface area contributed by atoms with Gasteiger partial charge in [0.15, 0.2) is 6.61 Å². The molecule has 156 valence electrons. The van der Waals surface area contributed by atoms with Crippen LogP contribution in [0.2, 0.25) is 0 Å². The lowest BCUT2D eigenvalue weighted by Gasteiger charge is -2.12. The van der Waals surface area contributed by atoms with Crippen LogP contribution in [0, 0.1) is 6.92 Å². The molecule has 3 rings (SSSR count). The minimum Gasteiger partial charge on any atom is -0.482 e. The van der Waals surface area contributed by atoms with Gasteiger partial charge in [-0.1, -0.05) is 13.3 Å². The predicted octanol–water partition coefficient (Wildman–Crippen LogP) is 3.11. The molecule has 0 atom stereocenters. The van der Waals surface area contributed by atoms with Gasteiger partial charge in [0.1, 0.15) is 5.75 Å². The molecule has 1 aliphatic heterocycles. The second kappa shape index (κ2) is 8.77. The van der Waals surface area contributed by atoms with Crippen LogP contribution in [0.1, 0.15) is 56.4 Å². The molecule has 0 bridgehead atoms. The third-order valence-electron chi connectivity index (χ3n) is 4.78. The Morgan fingerprint density at radius 1 is 1.07 bits per heavy atom. The molecule has 0 saturated carbocycles. The van der Waals surface area contributed by atoms with Gasteiger partial charge in [-0.25, -0.2) is 4.79 Å². The molecule has 1 aliphatic rings. The van der Waals surface area contributed by atoms with Crippen molar-refractivity contribution in [1.29, 1.82) is 0 Å². The molecule has 0 unspecified atom stereocenters. The number of hydrogen-bond acceptors (Lipinski definition) is 5. The first-order valence-electron chi connectivity index (χ1n) is 9.58. The Balaban J connectivity index is 1.75. The lowest BCUT2D eigenvalue weighted by Crippen LogP contribution is -2.30. The van der Waals surface area contributed by atoms with Gasteiger partial charge < -0.3 is 15.2 Å². The second-order valence-electron chi connectivity index (χ2n) is 6.99. The molecule has 2 aromatic carbocycles. The number of ether oxygens (including phenoxy) is 1. The zero-order valence-electron chi connectivity index (χ0n) is 16.7. The third-order valence-corrected chi connectivity index (χ3v) is 4.78. The van der Waals surface area contributed by atoms with Gasteiger partial charge in [0, 0.05) is 17.8 Å². The first-order chi connectivity index (χ1) is 14.3. The van der Waals surface area contributed by atoms with Crippen molar-refractivity contribution >= 4 is 29.4 Å². The fourth-order valence-corrected chi connectivity index (χ4v) is 3.16. The van der Waals surface area contributed by atoms with E-state index in [1.165, 1.54) is 23.1 Å². The van der Waals surface area contributed by atoms with Gasteiger partial charge in [-0.2, -0.15) is 0 Å². The maximum atomic E-state index is 12.7. The molecule has 2 aromatic rings. The summed E-state index contributed by atoms with van der Waals surface area (Å²) in [5, 5.41) is 11.4. The summed E-state index contributed by atoms with van der Waals surface area (Å²) < 4.78 is 5.12. The monoisotopic (exact) mass is 410 g/mol. The Morgan fingerprint density at radius 3 is 2.47 bits per heavy atom. The number of anilines is 1. The number of hydrogen-bond donors (Lipinski definition) is 2. The average Bonchev–Trinajstić information content (AvgIpc) is 2.96. The van der Waals surface area contributed by atoms with Crippen molar-refractivity contribution in [3.05, 3.63) is 58.7 Å². The summed E-state index contributed by atoms with van der Waals surface area (Å²) in [6.45, 7) is 3.63. The fourth-order valence-electron chi connectivity index (χ4n) is 3.16. The normalized spacial score (nSPS) is 12.7. The average molecular weight is 410 g/mol. The number of carbonyl (C=O) groups is 4. The highest BCUT2D eigenvalue weighted by Crippen LogP contribution is 2.26. The number of amides is 3. The molecule has 0 spiro atoms. The number of nitrogens with one attached hydrogen (secondary N) is 1. The lowest BCUT2D eigenvalue weighted by atomic mass is 10.0. The van der Waals surface area contributed by atoms with Crippen molar-refractivity contribution in [1.82, 2.24) is 4.90 Å². The van der Waals surface area contributed by atoms with Crippen LogP contribution >= 0.6 is 0 Å². The van der Waals surface area contributed by atoms with Gasteiger partial charge in [0.05, 0.1) is 11.1 Å². The van der Waals surface area contributed by atoms with Crippen molar-refractivity contribution in [3.8, 4) is 5.75 Å². The van der Waals surface area contributed by atoms with Crippen molar-refractivity contribution < 1.29 is 29.0 Å². The SMILES string of the molecule is CCCCN1C(=O)c2ccc(C(=O)Nc3ccc(OCC(=O)O)cc3C)cc2C1=O. The number of fused-ring (bicyclic) bond motifs is 1. The molecule has 8 heteroatoms. The smallest absolute Gasteiger partial charge is 0.341 e. The zero-order chi connectivity index (χ0) is 21.8. The molecule has 0 saturated heterocycles. The molecule has 2 N–H and O–H groups in total. The first-order valence-corrected chi connectivity index (χ1v) is 9.58. The fraction of sp³-hybridized carbons (Fsp3) is 0.273. The van der Waals surface area contributed by atoms with Crippen LogP contribution in [0.5, 0.6) is 5.75 Å². The van der Waals surface area contributed by atoms with E-state index in [9.17, 15) is 19.2 Å². The summed E-state index contributed by atoms with van der Waals surface area (Å²) in [5.41, 5.74) is 2.01. The van der Waals surface area contributed by atoms with Crippen LogP contribution in [-0.2, 0) is 4.79 Å². The maximum absolute atomic E-state index is 12.7. The Bertz CT molecular complexity index is 1030. The number of carboxylic acid groups (broad SMARTS) is 1. The van der Waals surface area contributed by atoms with E-state index in [1.54, 1.807) is 25.1 Å². The number of rotatable bonds is 8. The van der Waals surface area contributed by atoms with E-state index >= 15 is 0 Å². The van der Waals surface area contributed by atoms with Crippen molar-refractivity contribution in [3.63, 3.8) is 0 Å². The number of unbranched alkanes of at least 4 members (excludes halogenated alkanes) is 1. The molecule has 3 amide bonds. The highest BCUT2D eigenvalue weighted by atomic mass is 16.5. The number of nitrogens with zero attached hydrogens (tertiary/aromatic N) is 1. The molecule has 1 heterocycles. The van der Waals surface area contributed by atoms with E-state index in [-0.39, 0.29) is 22.9 Å². The molecule has 0 aliphatic carbocycles. The van der Waals surface area contributed by atoms with E-state index in [4.69, 9.17) is 9.84 Å². The molecule has 8 nitrogen and oxygen atoms in total. The summed E-state index contributed by atoms with van der Waals surface area (Å²) >= 11 is 0. The topological polar surface area (TPSA) is 113 Å². The highest BCUT2D eigenvalue weighted by molar-refractivity contribution is 6.22. The molecule has 0 aromatic heterocycles. The van der Waals surface area contributed by atoms with Crippen LogP contribution in [0.25, 0.3) is 0 Å². The Kier molecular flexibility index (Phi) is 6.15. The van der Waals surface area contributed by atoms with Crippen LogP contribution in [0.3, 0.4) is 0 Å². The molecule has 0 radical (unpaired) electrons. The van der Waals surface area contributed by atoms with Gasteiger partial charge in [-0.3, -0.25) is 19.3 Å².